The van der Waals surface area contributed by atoms with E-state index in [4.69, 9.17) is 11.6 Å². The maximum atomic E-state index is 14.3. The summed E-state index contributed by atoms with van der Waals surface area (Å²) in [5.41, 5.74) is 3.54. The van der Waals surface area contributed by atoms with Crippen LogP contribution >= 0.6 is 11.6 Å². The van der Waals surface area contributed by atoms with Crippen LogP contribution in [0.25, 0.3) is 0 Å². The Balaban J connectivity index is 1.81. The van der Waals surface area contributed by atoms with Crippen LogP contribution in [0.3, 0.4) is 0 Å². The number of nitrogens with one attached hydrogen (secondary N) is 1. The Labute approximate surface area is 252 Å². The minimum Gasteiger partial charge on any atom is -0.357 e. The molecule has 2 amide bonds. The number of anilines is 1. The summed E-state index contributed by atoms with van der Waals surface area (Å²) in [7, 11) is -2.66. The number of benzene rings is 4. The second-order valence-electron chi connectivity index (χ2n) is 10.0. The first-order valence-electron chi connectivity index (χ1n) is 13.5. The second-order valence-corrected chi connectivity index (χ2v) is 12.3. The van der Waals surface area contributed by atoms with Gasteiger partial charge in [-0.1, -0.05) is 96.0 Å². The van der Waals surface area contributed by atoms with Crippen molar-refractivity contribution in [1.29, 1.82) is 0 Å². The van der Waals surface area contributed by atoms with Gasteiger partial charge < -0.3 is 10.2 Å². The minimum atomic E-state index is -4.18. The van der Waals surface area contributed by atoms with E-state index in [9.17, 15) is 18.0 Å². The van der Waals surface area contributed by atoms with E-state index in [1.165, 1.54) is 24.1 Å². The number of rotatable bonds is 11. The largest absolute Gasteiger partial charge is 0.357 e. The topological polar surface area (TPSA) is 86.8 Å². The molecule has 1 atom stereocenters. The molecular weight excluding hydrogens is 570 g/mol. The first-order chi connectivity index (χ1) is 20.1. The maximum Gasteiger partial charge on any atom is 0.264 e. The predicted octanol–water partition coefficient (Wildman–Crippen LogP) is 5.54. The van der Waals surface area contributed by atoms with Gasteiger partial charge in [-0.05, 0) is 54.8 Å². The van der Waals surface area contributed by atoms with Gasteiger partial charge in [-0.2, -0.15) is 0 Å². The Bertz CT molecular complexity index is 1630. The number of sulfonamides is 1. The van der Waals surface area contributed by atoms with Crippen molar-refractivity contribution in [3.8, 4) is 0 Å². The highest BCUT2D eigenvalue weighted by molar-refractivity contribution is 7.92. The molecule has 0 heterocycles. The quantitative estimate of drug-likeness (QED) is 0.244. The summed E-state index contributed by atoms with van der Waals surface area (Å²) in [5, 5.41) is 3.06. The van der Waals surface area contributed by atoms with Crippen molar-refractivity contribution in [2.45, 2.75) is 37.8 Å². The molecule has 0 aliphatic heterocycles. The molecule has 0 spiro atoms. The van der Waals surface area contributed by atoms with Crippen molar-refractivity contribution in [1.82, 2.24) is 10.2 Å². The smallest absolute Gasteiger partial charge is 0.264 e. The minimum absolute atomic E-state index is 0.0365. The van der Waals surface area contributed by atoms with Crippen LogP contribution in [-0.4, -0.2) is 44.8 Å². The molecule has 1 N–H and O–H groups in total. The standard InChI is InChI=1S/C33H34ClN3O4S/c1-24-17-19-27(20-18-24)22-36(31(33(39)35-3)21-26-11-6-4-7-12-26)32(38)23-37(30-16-10-15-29(34)25(30)2)42(40,41)28-13-8-5-9-14-28/h4-20,31H,21-23H2,1-3H3,(H,35,39)/t31-/m1/s1. The Morgan fingerprint density at radius 2 is 1.43 bits per heavy atom. The SMILES string of the molecule is CNC(=O)[C@@H](Cc1ccccc1)N(Cc1ccc(C)cc1)C(=O)CN(c1cccc(Cl)c1C)S(=O)(=O)c1ccccc1. The second kappa shape index (κ2) is 13.7. The van der Waals surface area contributed by atoms with E-state index >= 15 is 0 Å². The van der Waals surface area contributed by atoms with Gasteiger partial charge in [-0.15, -0.1) is 0 Å². The maximum absolute atomic E-state index is 14.3. The fourth-order valence-electron chi connectivity index (χ4n) is 4.71. The van der Waals surface area contributed by atoms with E-state index in [2.05, 4.69) is 5.32 Å². The molecule has 0 saturated carbocycles. The van der Waals surface area contributed by atoms with Gasteiger partial charge in [0, 0.05) is 25.0 Å². The molecule has 0 radical (unpaired) electrons. The van der Waals surface area contributed by atoms with Gasteiger partial charge in [0.2, 0.25) is 11.8 Å². The van der Waals surface area contributed by atoms with Crippen LogP contribution in [0.4, 0.5) is 5.69 Å². The molecule has 7 nitrogen and oxygen atoms in total. The number of likely N-dealkylation sites (N-methyl/N-ethyl adjacent to an activating group) is 1. The van der Waals surface area contributed by atoms with Gasteiger partial charge in [0.25, 0.3) is 10.0 Å². The van der Waals surface area contributed by atoms with Crippen molar-refractivity contribution < 1.29 is 18.0 Å². The third-order valence-electron chi connectivity index (χ3n) is 7.11. The molecule has 4 aromatic carbocycles. The molecule has 0 aliphatic carbocycles. The molecule has 42 heavy (non-hydrogen) atoms. The van der Waals surface area contributed by atoms with E-state index in [0.29, 0.717) is 10.6 Å². The van der Waals surface area contributed by atoms with E-state index in [1.54, 1.807) is 43.3 Å². The molecule has 4 rings (SSSR count). The number of carbonyl (C=O) groups excluding carboxylic acids is 2. The average Bonchev–Trinajstić information content (AvgIpc) is 3.00. The number of halogens is 1. The molecule has 0 fully saturated rings. The van der Waals surface area contributed by atoms with E-state index < -0.39 is 28.5 Å². The normalized spacial score (nSPS) is 11.9. The van der Waals surface area contributed by atoms with Crippen molar-refractivity contribution in [3.05, 3.63) is 130 Å². The lowest BCUT2D eigenvalue weighted by Gasteiger charge is -2.34. The van der Waals surface area contributed by atoms with Crippen LogP contribution in [-0.2, 0) is 32.6 Å². The number of hydrogen-bond acceptors (Lipinski definition) is 4. The monoisotopic (exact) mass is 603 g/mol. The third-order valence-corrected chi connectivity index (χ3v) is 9.29. The van der Waals surface area contributed by atoms with Crippen LogP contribution in [0.15, 0.2) is 108 Å². The van der Waals surface area contributed by atoms with Crippen LogP contribution < -0.4 is 9.62 Å². The zero-order chi connectivity index (χ0) is 30.3. The van der Waals surface area contributed by atoms with Gasteiger partial charge in [0.1, 0.15) is 12.6 Å². The van der Waals surface area contributed by atoms with Gasteiger partial charge in [-0.25, -0.2) is 8.42 Å². The fraction of sp³-hybridized carbons (Fsp3) is 0.212. The Morgan fingerprint density at radius 3 is 2.05 bits per heavy atom. The fourth-order valence-corrected chi connectivity index (χ4v) is 6.37. The highest BCUT2D eigenvalue weighted by Crippen LogP contribution is 2.31. The lowest BCUT2D eigenvalue weighted by atomic mass is 10.0. The summed E-state index contributed by atoms with van der Waals surface area (Å²) in [6, 6.07) is 29.1. The Hall–Kier alpha value is -4.14. The molecule has 218 valence electrons. The highest BCUT2D eigenvalue weighted by Gasteiger charge is 2.34. The molecule has 0 bridgehead atoms. The van der Waals surface area contributed by atoms with Crippen molar-refractivity contribution in [3.63, 3.8) is 0 Å². The summed E-state index contributed by atoms with van der Waals surface area (Å²) in [6.07, 6.45) is 0.250. The number of aryl methyl sites for hydroxylation is 1. The summed E-state index contributed by atoms with van der Waals surface area (Å²) in [5.74, 6) is -0.880. The first-order valence-corrected chi connectivity index (χ1v) is 15.4. The Kier molecular flexibility index (Phi) is 10.0. The van der Waals surface area contributed by atoms with E-state index in [-0.39, 0.29) is 29.5 Å². The molecule has 0 unspecified atom stereocenters. The van der Waals surface area contributed by atoms with E-state index in [1.807, 2.05) is 61.5 Å². The van der Waals surface area contributed by atoms with Crippen molar-refractivity contribution in [2.75, 3.05) is 17.9 Å². The zero-order valence-electron chi connectivity index (χ0n) is 23.8. The van der Waals surface area contributed by atoms with Crippen LogP contribution in [0.2, 0.25) is 5.02 Å². The lowest BCUT2D eigenvalue weighted by Crippen LogP contribution is -2.53. The number of hydrogen-bond donors (Lipinski definition) is 1. The van der Waals surface area contributed by atoms with Crippen LogP contribution in [0.5, 0.6) is 0 Å². The van der Waals surface area contributed by atoms with Gasteiger partial charge in [0.05, 0.1) is 10.6 Å². The Morgan fingerprint density at radius 1 is 0.810 bits per heavy atom. The molecule has 9 heteroatoms. The molecule has 0 aromatic heterocycles. The highest BCUT2D eigenvalue weighted by atomic mass is 35.5. The van der Waals surface area contributed by atoms with Crippen LogP contribution in [0, 0.1) is 13.8 Å². The van der Waals surface area contributed by atoms with Gasteiger partial charge in [-0.3, -0.25) is 13.9 Å². The third kappa shape index (κ3) is 7.19. The van der Waals surface area contributed by atoms with Crippen molar-refractivity contribution in [2.24, 2.45) is 0 Å². The summed E-state index contributed by atoms with van der Waals surface area (Å²) in [4.78, 5) is 29.2. The van der Waals surface area contributed by atoms with Gasteiger partial charge >= 0.3 is 0 Å². The summed E-state index contributed by atoms with van der Waals surface area (Å²) >= 11 is 6.40. The first kappa shape index (κ1) is 30.8. The van der Waals surface area contributed by atoms with E-state index in [0.717, 1.165) is 21.0 Å². The zero-order valence-corrected chi connectivity index (χ0v) is 25.4. The molecule has 0 saturated heterocycles. The van der Waals surface area contributed by atoms with Crippen molar-refractivity contribution >= 4 is 39.1 Å². The van der Waals surface area contributed by atoms with Gasteiger partial charge in [0.15, 0.2) is 0 Å². The molecule has 0 aliphatic rings. The predicted molar refractivity (Wildman–Crippen MR) is 167 cm³/mol. The summed E-state index contributed by atoms with van der Waals surface area (Å²) < 4.78 is 29.1. The lowest BCUT2D eigenvalue weighted by molar-refractivity contribution is -0.139. The molecular formula is C33H34ClN3O4S. The molecule has 4 aromatic rings. The van der Waals surface area contributed by atoms with Crippen LogP contribution in [0.1, 0.15) is 22.3 Å². The number of amides is 2. The number of nitrogens with zero attached hydrogens (tertiary/aromatic N) is 2. The number of carbonyl (C=O) groups is 2. The summed E-state index contributed by atoms with van der Waals surface area (Å²) in [6.45, 7) is 3.25. The average molecular weight is 604 g/mol.